The van der Waals surface area contributed by atoms with Crippen LogP contribution in [-0.4, -0.2) is 24.9 Å². The van der Waals surface area contributed by atoms with Crippen molar-refractivity contribution in [2.75, 3.05) is 14.1 Å². The van der Waals surface area contributed by atoms with Crippen molar-refractivity contribution in [2.24, 2.45) is 0 Å². The minimum atomic E-state index is -0.411. The van der Waals surface area contributed by atoms with Gasteiger partial charge in [-0.25, -0.2) is 0 Å². The van der Waals surface area contributed by atoms with Crippen LogP contribution in [0.4, 0.5) is 0 Å². The number of amides is 1. The van der Waals surface area contributed by atoms with Crippen LogP contribution in [0, 0.1) is 11.3 Å². The third kappa shape index (κ3) is 4.11. The number of rotatable bonds is 4. The summed E-state index contributed by atoms with van der Waals surface area (Å²) in [6.45, 7) is 0.297. The van der Waals surface area contributed by atoms with Gasteiger partial charge in [-0.2, -0.15) is 5.26 Å². The molecule has 18 heavy (non-hydrogen) atoms. The first-order valence-corrected chi connectivity index (χ1v) is 5.72. The topological polar surface area (TPSA) is 56.1 Å². The second-order valence-corrected chi connectivity index (χ2v) is 4.30. The molecule has 0 saturated carbocycles. The molecular weight excluding hydrogens is 250 g/mol. The van der Waals surface area contributed by atoms with Gasteiger partial charge in [0.2, 0.25) is 0 Å². The summed E-state index contributed by atoms with van der Waals surface area (Å²) in [6.07, 6.45) is 1.47. The zero-order valence-corrected chi connectivity index (χ0v) is 11.0. The van der Waals surface area contributed by atoms with Crippen LogP contribution >= 0.6 is 11.6 Å². The molecule has 0 aromatic heterocycles. The maximum atomic E-state index is 11.7. The molecule has 0 radical (unpaired) electrons. The molecule has 0 fully saturated rings. The van der Waals surface area contributed by atoms with E-state index in [1.165, 1.54) is 6.20 Å². The summed E-state index contributed by atoms with van der Waals surface area (Å²) in [5.41, 5.74) is 0.877. The lowest BCUT2D eigenvalue weighted by Gasteiger charge is -2.08. The van der Waals surface area contributed by atoms with Gasteiger partial charge in [-0.05, 0) is 11.6 Å². The highest BCUT2D eigenvalue weighted by Gasteiger charge is 2.09. The highest BCUT2D eigenvalue weighted by Crippen LogP contribution is 2.14. The number of nitriles is 1. The van der Waals surface area contributed by atoms with Gasteiger partial charge < -0.3 is 10.2 Å². The molecule has 0 spiro atoms. The second kappa shape index (κ2) is 6.67. The Hall–Kier alpha value is -1.99. The lowest BCUT2D eigenvalue weighted by Crippen LogP contribution is -2.25. The van der Waals surface area contributed by atoms with E-state index in [9.17, 15) is 4.79 Å². The molecule has 1 rings (SSSR count). The van der Waals surface area contributed by atoms with Crippen LogP contribution in [0.1, 0.15) is 5.56 Å². The molecule has 1 N–H and O–H groups in total. The summed E-state index contributed by atoms with van der Waals surface area (Å²) >= 11 is 5.97. The Kier molecular flexibility index (Phi) is 5.22. The van der Waals surface area contributed by atoms with E-state index in [0.29, 0.717) is 11.6 Å². The van der Waals surface area contributed by atoms with Crippen molar-refractivity contribution in [1.82, 2.24) is 10.2 Å². The number of halogens is 1. The monoisotopic (exact) mass is 263 g/mol. The van der Waals surface area contributed by atoms with Crippen molar-refractivity contribution in [3.8, 4) is 6.07 Å². The average Bonchev–Trinajstić information content (AvgIpc) is 2.34. The smallest absolute Gasteiger partial charge is 0.263 e. The van der Waals surface area contributed by atoms with Crippen molar-refractivity contribution in [2.45, 2.75) is 6.54 Å². The van der Waals surface area contributed by atoms with E-state index in [2.05, 4.69) is 5.32 Å². The maximum Gasteiger partial charge on any atom is 0.263 e. The molecule has 0 aliphatic rings. The normalized spacial score (nSPS) is 10.7. The van der Waals surface area contributed by atoms with Crippen LogP contribution in [0.3, 0.4) is 0 Å². The molecular formula is C13H14ClN3O. The number of nitrogens with one attached hydrogen (secondary N) is 1. The van der Waals surface area contributed by atoms with Gasteiger partial charge in [0, 0.05) is 31.9 Å². The molecule has 1 aromatic rings. The van der Waals surface area contributed by atoms with Crippen LogP contribution in [-0.2, 0) is 11.3 Å². The zero-order valence-electron chi connectivity index (χ0n) is 10.3. The van der Waals surface area contributed by atoms with Crippen molar-refractivity contribution in [3.05, 3.63) is 46.6 Å². The van der Waals surface area contributed by atoms with Crippen LogP contribution < -0.4 is 5.32 Å². The van der Waals surface area contributed by atoms with Crippen LogP contribution in [0.15, 0.2) is 36.0 Å². The lowest BCUT2D eigenvalue weighted by atomic mass is 10.2. The predicted molar refractivity (Wildman–Crippen MR) is 70.7 cm³/mol. The van der Waals surface area contributed by atoms with Crippen LogP contribution in [0.5, 0.6) is 0 Å². The fourth-order valence-electron chi connectivity index (χ4n) is 1.31. The minimum absolute atomic E-state index is 0.0621. The molecule has 0 aliphatic carbocycles. The van der Waals surface area contributed by atoms with E-state index in [-0.39, 0.29) is 5.57 Å². The van der Waals surface area contributed by atoms with Gasteiger partial charge in [0.15, 0.2) is 0 Å². The molecule has 0 bridgehead atoms. The Balaban J connectivity index is 2.67. The summed E-state index contributed by atoms with van der Waals surface area (Å²) in [4.78, 5) is 13.4. The third-order valence-corrected chi connectivity index (χ3v) is 2.52. The Morgan fingerprint density at radius 3 is 2.72 bits per heavy atom. The zero-order chi connectivity index (χ0) is 13.5. The Morgan fingerprint density at radius 2 is 2.17 bits per heavy atom. The first kappa shape index (κ1) is 14.1. The predicted octanol–water partition coefficient (Wildman–Crippen LogP) is 1.93. The summed E-state index contributed by atoms with van der Waals surface area (Å²) in [5, 5.41) is 12.1. The Labute approximate surface area is 111 Å². The van der Waals surface area contributed by atoms with Crippen molar-refractivity contribution < 1.29 is 4.79 Å². The number of nitrogens with zero attached hydrogens (tertiary/aromatic N) is 2. The van der Waals surface area contributed by atoms with E-state index in [0.717, 1.165) is 5.56 Å². The largest absolute Gasteiger partial charge is 0.382 e. The SMILES string of the molecule is CN(C)C=C(C#N)C(=O)NCc1ccccc1Cl. The molecule has 0 unspecified atom stereocenters. The molecule has 1 amide bonds. The Morgan fingerprint density at radius 1 is 1.50 bits per heavy atom. The number of carbonyl (C=O) groups is 1. The molecule has 5 heteroatoms. The van der Waals surface area contributed by atoms with Crippen LogP contribution in [0.25, 0.3) is 0 Å². The van der Waals surface area contributed by atoms with Crippen molar-refractivity contribution in [1.29, 1.82) is 5.26 Å². The van der Waals surface area contributed by atoms with E-state index < -0.39 is 5.91 Å². The average molecular weight is 264 g/mol. The van der Waals surface area contributed by atoms with Gasteiger partial charge in [0.1, 0.15) is 11.6 Å². The minimum Gasteiger partial charge on any atom is -0.382 e. The van der Waals surface area contributed by atoms with E-state index in [1.54, 1.807) is 25.1 Å². The van der Waals surface area contributed by atoms with Gasteiger partial charge in [-0.3, -0.25) is 4.79 Å². The Bertz CT molecular complexity index is 503. The molecule has 1 aromatic carbocycles. The second-order valence-electron chi connectivity index (χ2n) is 3.89. The van der Waals surface area contributed by atoms with Gasteiger partial charge in [-0.1, -0.05) is 29.8 Å². The summed E-state index contributed by atoms with van der Waals surface area (Å²) in [6, 6.07) is 9.10. The number of hydrogen-bond acceptors (Lipinski definition) is 3. The number of carbonyl (C=O) groups excluding carboxylic acids is 1. The summed E-state index contributed by atoms with van der Waals surface area (Å²) < 4.78 is 0. The molecule has 4 nitrogen and oxygen atoms in total. The standard InChI is InChI=1S/C13H14ClN3O/c1-17(2)9-11(7-15)13(18)16-8-10-5-3-4-6-12(10)14/h3-6,9H,8H2,1-2H3,(H,16,18). The first-order chi connectivity index (χ1) is 8.54. The van der Waals surface area contributed by atoms with Crippen molar-refractivity contribution in [3.63, 3.8) is 0 Å². The fraction of sp³-hybridized carbons (Fsp3) is 0.231. The van der Waals surface area contributed by atoms with Crippen molar-refractivity contribution >= 4 is 17.5 Å². The molecule has 0 heterocycles. The summed E-state index contributed by atoms with van der Waals surface area (Å²) in [5.74, 6) is -0.411. The quantitative estimate of drug-likeness (QED) is 0.667. The van der Waals surface area contributed by atoms with E-state index in [1.807, 2.05) is 24.3 Å². The number of benzene rings is 1. The lowest BCUT2D eigenvalue weighted by molar-refractivity contribution is -0.117. The van der Waals surface area contributed by atoms with Crippen LogP contribution in [0.2, 0.25) is 5.02 Å². The maximum absolute atomic E-state index is 11.7. The van der Waals surface area contributed by atoms with E-state index in [4.69, 9.17) is 16.9 Å². The molecule has 0 aliphatic heterocycles. The molecule has 0 atom stereocenters. The highest BCUT2D eigenvalue weighted by atomic mass is 35.5. The fourth-order valence-corrected chi connectivity index (χ4v) is 1.51. The highest BCUT2D eigenvalue weighted by molar-refractivity contribution is 6.31. The van der Waals surface area contributed by atoms with Gasteiger partial charge in [-0.15, -0.1) is 0 Å². The first-order valence-electron chi connectivity index (χ1n) is 5.34. The van der Waals surface area contributed by atoms with Gasteiger partial charge in [0.05, 0.1) is 0 Å². The van der Waals surface area contributed by atoms with E-state index >= 15 is 0 Å². The van der Waals surface area contributed by atoms with Gasteiger partial charge in [0.25, 0.3) is 5.91 Å². The third-order valence-electron chi connectivity index (χ3n) is 2.15. The molecule has 0 saturated heterocycles. The van der Waals surface area contributed by atoms with Gasteiger partial charge >= 0.3 is 0 Å². The summed E-state index contributed by atoms with van der Waals surface area (Å²) in [7, 11) is 3.50. The molecule has 94 valence electrons. The number of hydrogen-bond donors (Lipinski definition) is 1.